The fourth-order valence-electron chi connectivity index (χ4n) is 1.25. The Morgan fingerprint density at radius 1 is 1.44 bits per heavy atom. The van der Waals surface area contributed by atoms with E-state index in [9.17, 15) is 13.2 Å². The summed E-state index contributed by atoms with van der Waals surface area (Å²) in [6, 6.07) is 6.43. The first-order valence-electron chi connectivity index (χ1n) is 5.25. The van der Waals surface area contributed by atoms with Crippen LogP contribution in [0.3, 0.4) is 0 Å². The Bertz CT molecular complexity index is 537. The molecule has 0 fully saturated rings. The summed E-state index contributed by atoms with van der Waals surface area (Å²) in [6.45, 7) is 4.71. The summed E-state index contributed by atoms with van der Waals surface area (Å²) in [5.41, 5.74) is 0.505. The van der Waals surface area contributed by atoms with E-state index >= 15 is 0 Å². The molecule has 6 heteroatoms. The first-order chi connectivity index (χ1) is 8.36. The zero-order valence-electron chi connectivity index (χ0n) is 9.89. The molecule has 98 valence electrons. The molecule has 1 amide bonds. The number of anilines is 1. The van der Waals surface area contributed by atoms with Gasteiger partial charge in [-0.1, -0.05) is 17.7 Å². The molecule has 0 aliphatic heterocycles. The van der Waals surface area contributed by atoms with Crippen LogP contribution in [0.4, 0.5) is 5.69 Å². The van der Waals surface area contributed by atoms with E-state index in [0.29, 0.717) is 10.7 Å². The van der Waals surface area contributed by atoms with Gasteiger partial charge >= 0.3 is 0 Å². The predicted octanol–water partition coefficient (Wildman–Crippen LogP) is 2.27. The van der Waals surface area contributed by atoms with E-state index in [1.54, 1.807) is 24.3 Å². The molecule has 18 heavy (non-hydrogen) atoms. The minimum atomic E-state index is -3.49. The molecule has 0 saturated heterocycles. The number of halogens is 1. The molecule has 0 heterocycles. The van der Waals surface area contributed by atoms with Gasteiger partial charge in [0.25, 0.3) is 0 Å². The van der Waals surface area contributed by atoms with E-state index in [2.05, 4.69) is 11.9 Å². The largest absolute Gasteiger partial charge is 0.325 e. The van der Waals surface area contributed by atoms with Crippen molar-refractivity contribution in [3.63, 3.8) is 0 Å². The van der Waals surface area contributed by atoms with Crippen LogP contribution in [0.5, 0.6) is 0 Å². The van der Waals surface area contributed by atoms with Crippen LogP contribution in [0.2, 0.25) is 5.02 Å². The summed E-state index contributed by atoms with van der Waals surface area (Å²) < 4.78 is 23.3. The average molecular weight is 288 g/mol. The fourth-order valence-corrected chi connectivity index (χ4v) is 2.38. The molecule has 1 atom stereocenters. The molecule has 0 aliphatic carbocycles. The molecular weight excluding hydrogens is 274 g/mol. The molecule has 0 bridgehead atoms. The molecule has 0 spiro atoms. The Morgan fingerprint density at radius 2 is 2.00 bits per heavy atom. The molecule has 0 aliphatic rings. The lowest BCUT2D eigenvalue weighted by atomic mass is 10.3. The van der Waals surface area contributed by atoms with Gasteiger partial charge in [-0.3, -0.25) is 4.79 Å². The summed E-state index contributed by atoms with van der Waals surface area (Å²) in [5, 5.41) is 1.95. The lowest BCUT2D eigenvalue weighted by molar-refractivity contribution is -0.115. The van der Waals surface area contributed by atoms with Crippen molar-refractivity contribution in [1.29, 1.82) is 0 Å². The zero-order valence-corrected chi connectivity index (χ0v) is 11.5. The van der Waals surface area contributed by atoms with Crippen molar-refractivity contribution in [2.75, 3.05) is 11.1 Å². The normalized spacial score (nSPS) is 12.8. The Balaban J connectivity index is 2.77. The van der Waals surface area contributed by atoms with Crippen LogP contribution < -0.4 is 5.32 Å². The maximum Gasteiger partial charge on any atom is 0.242 e. The minimum Gasteiger partial charge on any atom is -0.325 e. The molecule has 0 radical (unpaired) electrons. The number of amides is 1. The SMILES string of the molecule is C=CCS(=O)(=O)C(C)C(=O)Nc1ccc(Cl)cc1. The summed E-state index contributed by atoms with van der Waals surface area (Å²) in [4.78, 5) is 11.8. The maximum absolute atomic E-state index is 11.8. The third kappa shape index (κ3) is 3.85. The monoisotopic (exact) mass is 287 g/mol. The van der Waals surface area contributed by atoms with Crippen LogP contribution in [-0.2, 0) is 14.6 Å². The molecule has 4 nitrogen and oxygen atoms in total. The lowest BCUT2D eigenvalue weighted by Crippen LogP contribution is -2.33. The molecule has 0 aromatic heterocycles. The number of nitrogens with one attached hydrogen (secondary N) is 1. The Morgan fingerprint density at radius 3 is 2.50 bits per heavy atom. The van der Waals surface area contributed by atoms with Gasteiger partial charge in [0.2, 0.25) is 5.91 Å². The number of hydrogen-bond donors (Lipinski definition) is 1. The Kier molecular flexibility index (Phi) is 4.93. The van der Waals surface area contributed by atoms with E-state index < -0.39 is 21.0 Å². The first-order valence-corrected chi connectivity index (χ1v) is 7.35. The van der Waals surface area contributed by atoms with Gasteiger partial charge in [-0.15, -0.1) is 6.58 Å². The highest BCUT2D eigenvalue weighted by Gasteiger charge is 2.26. The van der Waals surface area contributed by atoms with E-state index in [1.807, 2.05) is 0 Å². The quantitative estimate of drug-likeness (QED) is 0.845. The fraction of sp³-hybridized carbons (Fsp3) is 0.250. The van der Waals surface area contributed by atoms with Gasteiger partial charge in [0.1, 0.15) is 5.25 Å². The van der Waals surface area contributed by atoms with Crippen LogP contribution in [-0.4, -0.2) is 25.3 Å². The van der Waals surface area contributed by atoms with Crippen molar-refractivity contribution in [2.45, 2.75) is 12.2 Å². The van der Waals surface area contributed by atoms with Crippen molar-refractivity contribution in [3.8, 4) is 0 Å². The predicted molar refractivity (Wildman–Crippen MR) is 73.5 cm³/mol. The van der Waals surface area contributed by atoms with Crippen molar-refractivity contribution < 1.29 is 13.2 Å². The first kappa shape index (κ1) is 14.7. The second-order valence-electron chi connectivity index (χ2n) is 3.76. The number of sulfone groups is 1. The molecule has 1 aromatic carbocycles. The summed E-state index contributed by atoms with van der Waals surface area (Å²) in [5.74, 6) is -0.790. The number of hydrogen-bond acceptors (Lipinski definition) is 3. The standard InChI is InChI=1S/C12H14ClNO3S/c1-3-8-18(16,17)9(2)12(15)14-11-6-4-10(13)5-7-11/h3-7,9H,1,8H2,2H3,(H,14,15). The van der Waals surface area contributed by atoms with Gasteiger partial charge < -0.3 is 5.32 Å². The third-order valence-corrected chi connectivity index (χ3v) is 4.61. The number of rotatable bonds is 5. The molecule has 1 N–H and O–H groups in total. The van der Waals surface area contributed by atoms with E-state index in [-0.39, 0.29) is 5.75 Å². The van der Waals surface area contributed by atoms with Gasteiger partial charge in [0, 0.05) is 10.7 Å². The van der Waals surface area contributed by atoms with E-state index in [0.717, 1.165) is 0 Å². The smallest absolute Gasteiger partial charge is 0.242 e. The molecular formula is C12H14ClNO3S. The summed E-state index contributed by atoms with van der Waals surface area (Å²) in [7, 11) is -3.49. The number of carbonyl (C=O) groups excluding carboxylic acids is 1. The Hall–Kier alpha value is -1.33. The van der Waals surface area contributed by atoms with Gasteiger partial charge in [-0.05, 0) is 31.2 Å². The summed E-state index contributed by atoms with van der Waals surface area (Å²) in [6.07, 6.45) is 1.27. The van der Waals surface area contributed by atoms with Gasteiger partial charge in [0.15, 0.2) is 9.84 Å². The molecule has 1 rings (SSSR count). The van der Waals surface area contributed by atoms with Crippen LogP contribution in [0.15, 0.2) is 36.9 Å². The van der Waals surface area contributed by atoms with Crippen LogP contribution in [0, 0.1) is 0 Å². The number of carbonyl (C=O) groups is 1. The van der Waals surface area contributed by atoms with Crippen LogP contribution >= 0.6 is 11.6 Å². The summed E-state index contributed by atoms with van der Waals surface area (Å²) >= 11 is 5.70. The highest BCUT2D eigenvalue weighted by molar-refractivity contribution is 7.92. The molecule has 1 unspecified atom stereocenters. The van der Waals surface area contributed by atoms with E-state index in [4.69, 9.17) is 11.6 Å². The topological polar surface area (TPSA) is 63.2 Å². The van der Waals surface area contributed by atoms with Crippen molar-refractivity contribution >= 4 is 33.0 Å². The highest BCUT2D eigenvalue weighted by Crippen LogP contribution is 2.14. The van der Waals surface area contributed by atoms with E-state index in [1.165, 1.54) is 13.0 Å². The second kappa shape index (κ2) is 6.02. The lowest BCUT2D eigenvalue weighted by Gasteiger charge is -2.12. The number of benzene rings is 1. The van der Waals surface area contributed by atoms with Crippen LogP contribution in [0.25, 0.3) is 0 Å². The highest BCUT2D eigenvalue weighted by atomic mass is 35.5. The molecule has 1 aromatic rings. The van der Waals surface area contributed by atoms with Gasteiger partial charge in [0.05, 0.1) is 5.75 Å². The van der Waals surface area contributed by atoms with Crippen molar-refractivity contribution in [2.24, 2.45) is 0 Å². The second-order valence-corrected chi connectivity index (χ2v) is 6.56. The zero-order chi connectivity index (χ0) is 13.8. The maximum atomic E-state index is 11.8. The van der Waals surface area contributed by atoms with Crippen molar-refractivity contribution in [3.05, 3.63) is 41.9 Å². The van der Waals surface area contributed by atoms with Gasteiger partial charge in [-0.25, -0.2) is 8.42 Å². The van der Waals surface area contributed by atoms with Crippen molar-refractivity contribution in [1.82, 2.24) is 0 Å². The third-order valence-electron chi connectivity index (χ3n) is 2.37. The average Bonchev–Trinajstić information content (AvgIpc) is 2.31. The van der Waals surface area contributed by atoms with Gasteiger partial charge in [-0.2, -0.15) is 0 Å². The van der Waals surface area contributed by atoms with Crippen LogP contribution in [0.1, 0.15) is 6.92 Å². The molecule has 0 saturated carbocycles. The minimum absolute atomic E-state index is 0.220. The Labute approximate surface area is 112 Å².